The summed E-state index contributed by atoms with van der Waals surface area (Å²) in [5.41, 5.74) is 3.12. The Morgan fingerprint density at radius 1 is 1.25 bits per heavy atom. The van der Waals surface area contributed by atoms with Crippen LogP contribution in [0.25, 0.3) is 33.1 Å². The van der Waals surface area contributed by atoms with Crippen molar-refractivity contribution in [2.75, 3.05) is 24.2 Å². The van der Waals surface area contributed by atoms with E-state index in [1.165, 1.54) is 6.26 Å². The Bertz CT molecular complexity index is 1390. The highest BCUT2D eigenvalue weighted by Crippen LogP contribution is 2.37. The molecule has 1 unspecified atom stereocenters. The number of nitrogens with one attached hydrogen (secondary N) is 1. The van der Waals surface area contributed by atoms with Crippen LogP contribution < -0.4 is 4.90 Å². The molecule has 1 aromatic carbocycles. The number of β-amino-alcohol motifs (C(OH)–C–C–N with tert-alkyl or cyclic N) is 1. The minimum Gasteiger partial charge on any atom is -0.391 e. The van der Waals surface area contributed by atoms with E-state index in [1.807, 2.05) is 24.0 Å². The summed E-state index contributed by atoms with van der Waals surface area (Å²) in [6.07, 6.45) is 4.12. The highest BCUT2D eigenvalue weighted by molar-refractivity contribution is 7.84. The second-order valence-corrected chi connectivity index (χ2v) is 9.47. The minimum absolute atomic E-state index is 0.0567. The van der Waals surface area contributed by atoms with E-state index < -0.39 is 22.7 Å². The Labute approximate surface area is 186 Å². The van der Waals surface area contributed by atoms with Gasteiger partial charge >= 0.3 is 0 Å². The van der Waals surface area contributed by atoms with E-state index in [9.17, 15) is 9.32 Å². The number of pyridine rings is 1. The lowest BCUT2D eigenvalue weighted by Crippen LogP contribution is -2.39. The number of aryl methyl sites for hydroxylation is 2. The lowest BCUT2D eigenvalue weighted by Gasteiger charge is -2.32. The van der Waals surface area contributed by atoms with Gasteiger partial charge < -0.3 is 10.0 Å². The van der Waals surface area contributed by atoms with Gasteiger partial charge in [-0.05, 0) is 38.3 Å². The van der Waals surface area contributed by atoms with E-state index in [0.29, 0.717) is 42.0 Å². The Kier molecular flexibility index (Phi) is 5.13. The lowest BCUT2D eigenvalue weighted by molar-refractivity contribution is 0.154. The maximum Gasteiger partial charge on any atom is 0.220 e. The zero-order valence-electron chi connectivity index (χ0n) is 18.0. The molecule has 2 atom stereocenters. The van der Waals surface area contributed by atoms with Gasteiger partial charge in [0.25, 0.3) is 0 Å². The van der Waals surface area contributed by atoms with Crippen LogP contribution in [0.5, 0.6) is 0 Å². The van der Waals surface area contributed by atoms with Gasteiger partial charge in [0, 0.05) is 30.3 Å². The van der Waals surface area contributed by atoms with Crippen LogP contribution in [-0.2, 0) is 10.8 Å². The second kappa shape index (κ2) is 7.86. The molecule has 1 fully saturated rings. The molecule has 1 saturated heterocycles. The molecule has 32 heavy (non-hydrogen) atoms. The summed E-state index contributed by atoms with van der Waals surface area (Å²) in [5.74, 6) is -0.122. The molecule has 2 N–H and O–H groups in total. The van der Waals surface area contributed by atoms with E-state index >= 15 is 4.39 Å². The largest absolute Gasteiger partial charge is 0.391 e. The normalized spacial score (nSPS) is 17.9. The van der Waals surface area contributed by atoms with E-state index in [2.05, 4.69) is 25.1 Å². The zero-order valence-corrected chi connectivity index (χ0v) is 18.8. The van der Waals surface area contributed by atoms with Crippen LogP contribution in [0.2, 0.25) is 0 Å². The first-order valence-corrected chi connectivity index (χ1v) is 12.0. The van der Waals surface area contributed by atoms with E-state index in [-0.39, 0.29) is 16.4 Å². The van der Waals surface area contributed by atoms with Crippen LogP contribution in [0, 0.1) is 19.7 Å². The number of hydrogen-bond acceptors (Lipinski definition) is 7. The lowest BCUT2D eigenvalue weighted by atomic mass is 9.99. The number of anilines is 1. The summed E-state index contributed by atoms with van der Waals surface area (Å²) >= 11 is 0. The van der Waals surface area contributed by atoms with Crippen LogP contribution in [0.3, 0.4) is 0 Å². The van der Waals surface area contributed by atoms with Crippen molar-refractivity contribution in [3.8, 4) is 11.3 Å². The van der Waals surface area contributed by atoms with Gasteiger partial charge in [-0.15, -0.1) is 0 Å². The average Bonchev–Trinajstić information content (AvgIpc) is 3.24. The number of halogens is 1. The molecule has 0 spiro atoms. The molecule has 0 radical (unpaired) electrons. The highest BCUT2D eigenvalue weighted by Gasteiger charge is 2.27. The molecule has 8 nitrogen and oxygen atoms in total. The number of aliphatic hydroxyl groups excluding tert-OH is 1. The number of aromatic amines is 1. The van der Waals surface area contributed by atoms with Crippen molar-refractivity contribution in [2.24, 2.45) is 0 Å². The van der Waals surface area contributed by atoms with Crippen LogP contribution in [0.1, 0.15) is 24.1 Å². The molecule has 0 bridgehead atoms. The summed E-state index contributed by atoms with van der Waals surface area (Å²) < 4.78 is 28.4. The summed E-state index contributed by atoms with van der Waals surface area (Å²) in [6.45, 7) is 4.73. The minimum atomic E-state index is -1.51. The Hall–Kier alpha value is -2.98. The van der Waals surface area contributed by atoms with Crippen LogP contribution in [-0.4, -0.2) is 59.9 Å². The molecular formula is C22H23FN6O2S. The number of piperidine rings is 1. The maximum absolute atomic E-state index is 16.1. The summed E-state index contributed by atoms with van der Waals surface area (Å²) in [4.78, 5) is 15.4. The number of rotatable bonds is 3. The Morgan fingerprint density at radius 2 is 2.06 bits per heavy atom. The SMILES string of the molecule is Cc1ccc2[nH]ncc2c1-c1nc(C)c2c(N3CCC[C@@H](O)C3)nc(S(C)=O)nc2c1F. The number of nitrogens with zero attached hydrogens (tertiary/aromatic N) is 5. The first kappa shape index (κ1) is 20.9. The third-order valence-corrected chi connectivity index (χ3v) is 6.65. The van der Waals surface area contributed by atoms with Gasteiger partial charge in [0.2, 0.25) is 5.16 Å². The number of hydrogen-bond donors (Lipinski definition) is 2. The van der Waals surface area contributed by atoms with E-state index in [4.69, 9.17) is 0 Å². The van der Waals surface area contributed by atoms with Gasteiger partial charge in [0.1, 0.15) is 17.0 Å². The smallest absolute Gasteiger partial charge is 0.220 e. The van der Waals surface area contributed by atoms with Gasteiger partial charge in [-0.2, -0.15) is 5.10 Å². The molecule has 4 aromatic rings. The zero-order chi connectivity index (χ0) is 22.6. The van der Waals surface area contributed by atoms with Crippen LogP contribution in [0.4, 0.5) is 10.2 Å². The molecule has 0 saturated carbocycles. The standard InChI is InChI=1S/C22H23FN6O2S/c1-11-6-7-15-14(9-24-28-15)16(11)19-18(23)20-17(12(2)25-19)21(27-22(26-20)32(3)31)29-8-4-5-13(30)10-29/h6-7,9,13,30H,4-5,8,10H2,1-3H3,(H,24,28)/t13-,32?/m1/s1. The Balaban J connectivity index is 1.82. The van der Waals surface area contributed by atoms with E-state index in [0.717, 1.165) is 22.9 Å². The second-order valence-electron chi connectivity index (χ2n) is 8.20. The fourth-order valence-corrected chi connectivity index (χ4v) is 4.85. The molecule has 1 aliphatic rings. The van der Waals surface area contributed by atoms with Crippen molar-refractivity contribution in [3.63, 3.8) is 0 Å². The van der Waals surface area contributed by atoms with Crippen molar-refractivity contribution < 1.29 is 13.7 Å². The number of fused-ring (bicyclic) bond motifs is 2. The fraction of sp³-hybridized carbons (Fsp3) is 0.364. The number of H-pyrrole nitrogens is 1. The quantitative estimate of drug-likeness (QED) is 0.458. The molecule has 3 aromatic heterocycles. The van der Waals surface area contributed by atoms with Crippen molar-refractivity contribution in [1.29, 1.82) is 0 Å². The van der Waals surface area contributed by atoms with Crippen molar-refractivity contribution >= 4 is 38.4 Å². The first-order valence-electron chi connectivity index (χ1n) is 10.4. The fourth-order valence-electron chi connectivity index (χ4n) is 4.42. The highest BCUT2D eigenvalue weighted by atomic mass is 32.2. The molecule has 0 amide bonds. The van der Waals surface area contributed by atoms with Crippen molar-refractivity contribution in [1.82, 2.24) is 25.1 Å². The van der Waals surface area contributed by atoms with Crippen molar-refractivity contribution in [3.05, 3.63) is 35.4 Å². The van der Waals surface area contributed by atoms with Gasteiger partial charge in [0.05, 0.1) is 39.7 Å². The monoisotopic (exact) mass is 454 g/mol. The topological polar surface area (TPSA) is 108 Å². The first-order chi connectivity index (χ1) is 15.3. The molecule has 166 valence electrons. The van der Waals surface area contributed by atoms with Crippen LogP contribution >= 0.6 is 0 Å². The van der Waals surface area contributed by atoms with Gasteiger partial charge in [0.15, 0.2) is 5.82 Å². The maximum atomic E-state index is 16.1. The predicted octanol–water partition coefficient (Wildman–Crippen LogP) is 3.02. The molecule has 1 aliphatic heterocycles. The summed E-state index contributed by atoms with van der Waals surface area (Å²) in [7, 11) is -1.51. The summed E-state index contributed by atoms with van der Waals surface area (Å²) in [5, 5.41) is 18.5. The number of aliphatic hydroxyl groups is 1. The molecule has 5 rings (SSSR count). The van der Waals surface area contributed by atoms with Crippen molar-refractivity contribution in [2.45, 2.75) is 37.9 Å². The van der Waals surface area contributed by atoms with Gasteiger partial charge in [-0.25, -0.2) is 19.3 Å². The third kappa shape index (κ3) is 3.34. The molecular weight excluding hydrogens is 431 g/mol. The van der Waals surface area contributed by atoms with Gasteiger partial charge in [-0.3, -0.25) is 9.31 Å². The third-order valence-electron chi connectivity index (χ3n) is 5.95. The molecule has 10 heteroatoms. The average molecular weight is 455 g/mol. The Morgan fingerprint density at radius 3 is 2.81 bits per heavy atom. The molecule has 4 heterocycles. The number of benzene rings is 1. The van der Waals surface area contributed by atoms with Gasteiger partial charge in [-0.1, -0.05) is 6.07 Å². The van der Waals surface area contributed by atoms with E-state index in [1.54, 1.807) is 13.1 Å². The predicted molar refractivity (Wildman–Crippen MR) is 122 cm³/mol. The number of aromatic nitrogens is 5. The summed E-state index contributed by atoms with van der Waals surface area (Å²) in [6, 6.07) is 3.79. The molecule has 0 aliphatic carbocycles. The van der Waals surface area contributed by atoms with Crippen LogP contribution in [0.15, 0.2) is 23.5 Å².